The van der Waals surface area contributed by atoms with Crippen LogP contribution in [0.4, 0.5) is 10.1 Å². The second-order valence-corrected chi connectivity index (χ2v) is 4.63. The van der Waals surface area contributed by atoms with Gasteiger partial charge in [0.1, 0.15) is 5.82 Å². The molecular formula is C14H18FNO. The van der Waals surface area contributed by atoms with E-state index in [4.69, 9.17) is 0 Å². The van der Waals surface area contributed by atoms with Gasteiger partial charge in [-0.05, 0) is 38.0 Å². The summed E-state index contributed by atoms with van der Waals surface area (Å²) in [5, 5.41) is 9.39. The van der Waals surface area contributed by atoms with Gasteiger partial charge in [-0.25, -0.2) is 4.39 Å². The van der Waals surface area contributed by atoms with Gasteiger partial charge in [0, 0.05) is 13.1 Å². The minimum Gasteiger partial charge on any atom is -0.389 e. The van der Waals surface area contributed by atoms with E-state index in [-0.39, 0.29) is 5.82 Å². The first-order valence-corrected chi connectivity index (χ1v) is 5.96. The number of hydrogen-bond acceptors (Lipinski definition) is 2. The summed E-state index contributed by atoms with van der Waals surface area (Å²) in [4.78, 5) is 2.02. The normalized spacial score (nSPS) is 17.9. The monoisotopic (exact) mass is 235 g/mol. The smallest absolute Gasteiger partial charge is 0.146 e. The lowest BCUT2D eigenvalue weighted by Gasteiger charge is -2.28. The molecule has 0 aliphatic carbocycles. The van der Waals surface area contributed by atoms with Gasteiger partial charge in [0.15, 0.2) is 0 Å². The molecule has 0 bridgehead atoms. The van der Waals surface area contributed by atoms with Crippen molar-refractivity contribution in [2.24, 2.45) is 0 Å². The van der Waals surface area contributed by atoms with Crippen molar-refractivity contribution >= 4 is 5.69 Å². The van der Waals surface area contributed by atoms with Gasteiger partial charge in [-0.3, -0.25) is 0 Å². The van der Waals surface area contributed by atoms with Crippen LogP contribution < -0.4 is 4.90 Å². The summed E-state index contributed by atoms with van der Waals surface area (Å²) in [6.45, 7) is 5.36. The first-order valence-electron chi connectivity index (χ1n) is 5.96. The molecule has 0 fully saturated rings. The minimum absolute atomic E-state index is 0.253. The molecule has 1 heterocycles. The molecule has 0 unspecified atom stereocenters. The molecule has 1 aromatic carbocycles. The molecule has 2 rings (SSSR count). The summed E-state index contributed by atoms with van der Waals surface area (Å²) in [6.07, 6.45) is 2.49. The quantitative estimate of drug-likeness (QED) is 0.796. The summed E-state index contributed by atoms with van der Waals surface area (Å²) < 4.78 is 13.9. The SMILES string of the molecule is CC1=CCN(c2ccc([C@H](C)O)cc2F)CC1. The molecule has 3 heteroatoms. The van der Waals surface area contributed by atoms with Crippen molar-refractivity contribution in [1.82, 2.24) is 0 Å². The van der Waals surface area contributed by atoms with Crippen LogP contribution in [0.15, 0.2) is 29.8 Å². The highest BCUT2D eigenvalue weighted by atomic mass is 19.1. The maximum Gasteiger partial charge on any atom is 0.146 e. The number of hydrogen-bond donors (Lipinski definition) is 1. The van der Waals surface area contributed by atoms with Crippen molar-refractivity contribution in [2.45, 2.75) is 26.4 Å². The fourth-order valence-electron chi connectivity index (χ4n) is 2.03. The highest BCUT2D eigenvalue weighted by Gasteiger charge is 2.15. The Morgan fingerprint density at radius 3 is 2.71 bits per heavy atom. The van der Waals surface area contributed by atoms with E-state index in [1.807, 2.05) is 4.90 Å². The summed E-state index contributed by atoms with van der Waals surface area (Å²) >= 11 is 0. The second kappa shape index (κ2) is 4.88. The number of nitrogens with zero attached hydrogens (tertiary/aromatic N) is 1. The fourth-order valence-corrected chi connectivity index (χ4v) is 2.03. The predicted molar refractivity (Wildman–Crippen MR) is 67.6 cm³/mol. The summed E-state index contributed by atoms with van der Waals surface area (Å²) in [5.41, 5.74) is 2.61. The highest BCUT2D eigenvalue weighted by molar-refractivity contribution is 5.51. The van der Waals surface area contributed by atoms with E-state index in [9.17, 15) is 9.50 Å². The molecule has 0 spiro atoms. The second-order valence-electron chi connectivity index (χ2n) is 4.63. The molecule has 0 saturated carbocycles. The molecule has 1 N–H and O–H groups in total. The zero-order valence-corrected chi connectivity index (χ0v) is 10.3. The number of aliphatic hydroxyl groups is 1. The van der Waals surface area contributed by atoms with Crippen molar-refractivity contribution in [1.29, 1.82) is 0 Å². The number of benzene rings is 1. The third kappa shape index (κ3) is 2.67. The van der Waals surface area contributed by atoms with Crippen LogP contribution in [0.2, 0.25) is 0 Å². The van der Waals surface area contributed by atoms with Crippen LogP contribution in [0.3, 0.4) is 0 Å². The first kappa shape index (κ1) is 12.1. The van der Waals surface area contributed by atoms with E-state index in [1.165, 1.54) is 11.6 Å². The third-order valence-electron chi connectivity index (χ3n) is 3.23. The topological polar surface area (TPSA) is 23.5 Å². The van der Waals surface area contributed by atoms with Crippen LogP contribution >= 0.6 is 0 Å². The summed E-state index contributed by atoms with van der Waals surface area (Å²) in [5.74, 6) is -0.253. The van der Waals surface area contributed by atoms with Gasteiger partial charge in [0.2, 0.25) is 0 Å². The van der Waals surface area contributed by atoms with E-state index in [0.29, 0.717) is 11.3 Å². The van der Waals surface area contributed by atoms with Gasteiger partial charge in [0.25, 0.3) is 0 Å². The van der Waals surface area contributed by atoms with Crippen molar-refractivity contribution in [3.05, 3.63) is 41.2 Å². The van der Waals surface area contributed by atoms with Gasteiger partial charge in [-0.1, -0.05) is 17.7 Å². The largest absolute Gasteiger partial charge is 0.389 e. The van der Waals surface area contributed by atoms with Crippen LogP contribution in [-0.2, 0) is 0 Å². The van der Waals surface area contributed by atoms with Gasteiger partial charge in [-0.15, -0.1) is 0 Å². The fraction of sp³-hybridized carbons (Fsp3) is 0.429. The molecule has 1 aromatic rings. The highest BCUT2D eigenvalue weighted by Crippen LogP contribution is 2.25. The zero-order valence-electron chi connectivity index (χ0n) is 10.3. The lowest BCUT2D eigenvalue weighted by Crippen LogP contribution is -2.28. The first-order chi connectivity index (χ1) is 8.08. The van der Waals surface area contributed by atoms with Gasteiger partial charge < -0.3 is 10.0 Å². The maximum absolute atomic E-state index is 13.9. The molecule has 1 aliphatic heterocycles. The van der Waals surface area contributed by atoms with E-state index in [2.05, 4.69) is 13.0 Å². The molecule has 0 radical (unpaired) electrons. The summed E-state index contributed by atoms with van der Waals surface area (Å²) in [7, 11) is 0. The molecular weight excluding hydrogens is 217 g/mol. The number of rotatable bonds is 2. The van der Waals surface area contributed by atoms with E-state index < -0.39 is 6.10 Å². The molecule has 2 nitrogen and oxygen atoms in total. The Kier molecular flexibility index (Phi) is 3.48. The Hall–Kier alpha value is -1.35. The third-order valence-corrected chi connectivity index (χ3v) is 3.23. The van der Waals surface area contributed by atoms with E-state index in [0.717, 1.165) is 19.5 Å². The standard InChI is InChI=1S/C14H18FNO/c1-10-5-7-16(8-6-10)14-4-3-12(11(2)17)9-13(14)15/h3-5,9,11,17H,6-8H2,1-2H3/t11-/m0/s1. The van der Waals surface area contributed by atoms with Crippen LogP contribution in [-0.4, -0.2) is 18.2 Å². The number of anilines is 1. The Morgan fingerprint density at radius 2 is 2.18 bits per heavy atom. The minimum atomic E-state index is -0.623. The molecule has 1 aliphatic rings. The number of halogens is 1. The van der Waals surface area contributed by atoms with Crippen molar-refractivity contribution < 1.29 is 9.50 Å². The molecule has 1 atom stereocenters. The lowest BCUT2D eigenvalue weighted by molar-refractivity contribution is 0.199. The van der Waals surface area contributed by atoms with E-state index >= 15 is 0 Å². The van der Waals surface area contributed by atoms with Gasteiger partial charge >= 0.3 is 0 Å². The van der Waals surface area contributed by atoms with Crippen LogP contribution in [0.5, 0.6) is 0 Å². The van der Waals surface area contributed by atoms with Crippen molar-refractivity contribution in [3.63, 3.8) is 0 Å². The molecule has 92 valence electrons. The zero-order chi connectivity index (χ0) is 12.4. The Bertz CT molecular complexity index is 440. The Labute approximate surface area is 101 Å². The maximum atomic E-state index is 13.9. The van der Waals surface area contributed by atoms with E-state index in [1.54, 1.807) is 19.1 Å². The predicted octanol–water partition coefficient (Wildman–Crippen LogP) is 3.04. The molecule has 0 amide bonds. The molecule has 0 aromatic heterocycles. The molecule has 0 saturated heterocycles. The average molecular weight is 235 g/mol. The van der Waals surface area contributed by atoms with Crippen molar-refractivity contribution in [2.75, 3.05) is 18.0 Å². The average Bonchev–Trinajstić information content (AvgIpc) is 2.30. The summed E-state index contributed by atoms with van der Waals surface area (Å²) in [6, 6.07) is 4.96. The van der Waals surface area contributed by atoms with Crippen LogP contribution in [0.1, 0.15) is 31.9 Å². The Morgan fingerprint density at radius 1 is 1.41 bits per heavy atom. The van der Waals surface area contributed by atoms with Crippen molar-refractivity contribution in [3.8, 4) is 0 Å². The van der Waals surface area contributed by atoms with Crippen LogP contribution in [0.25, 0.3) is 0 Å². The Balaban J connectivity index is 2.22. The molecule has 17 heavy (non-hydrogen) atoms. The van der Waals surface area contributed by atoms with Gasteiger partial charge in [0.05, 0.1) is 11.8 Å². The van der Waals surface area contributed by atoms with Gasteiger partial charge in [-0.2, -0.15) is 0 Å². The van der Waals surface area contributed by atoms with Crippen LogP contribution in [0, 0.1) is 5.82 Å². The number of aliphatic hydroxyl groups excluding tert-OH is 1. The lowest BCUT2D eigenvalue weighted by atomic mass is 10.1.